The Labute approximate surface area is 111 Å². The van der Waals surface area contributed by atoms with E-state index in [1.54, 1.807) is 11.1 Å². The van der Waals surface area contributed by atoms with Crippen molar-refractivity contribution in [3.63, 3.8) is 0 Å². The van der Waals surface area contributed by atoms with Crippen LogP contribution in [0.3, 0.4) is 0 Å². The molecule has 0 aromatic heterocycles. The van der Waals surface area contributed by atoms with Gasteiger partial charge in [0.2, 0.25) is 0 Å². The molecule has 1 unspecified atom stereocenters. The van der Waals surface area contributed by atoms with Crippen LogP contribution in [-0.2, 0) is 12.8 Å². The van der Waals surface area contributed by atoms with Gasteiger partial charge in [0, 0.05) is 11.7 Å². The van der Waals surface area contributed by atoms with Crippen molar-refractivity contribution < 1.29 is 0 Å². The van der Waals surface area contributed by atoms with Crippen LogP contribution in [0, 0.1) is 5.41 Å². The van der Waals surface area contributed by atoms with Crippen LogP contribution in [0.1, 0.15) is 57.1 Å². The average Bonchev–Trinajstić information content (AvgIpc) is 2.74. The van der Waals surface area contributed by atoms with E-state index < -0.39 is 0 Å². The normalized spacial score (nSPS) is 25.8. The number of anilines is 1. The van der Waals surface area contributed by atoms with Crippen LogP contribution >= 0.6 is 0 Å². The molecule has 1 aromatic carbocycles. The van der Waals surface area contributed by atoms with E-state index >= 15 is 0 Å². The summed E-state index contributed by atoms with van der Waals surface area (Å²) in [7, 11) is 0. The highest BCUT2D eigenvalue weighted by atomic mass is 14.9. The molecule has 1 saturated carbocycles. The molecule has 98 valence electrons. The zero-order valence-electron chi connectivity index (χ0n) is 11.8. The first-order chi connectivity index (χ1) is 8.62. The van der Waals surface area contributed by atoms with E-state index in [4.69, 9.17) is 0 Å². The number of hydrogen-bond acceptors (Lipinski definition) is 1. The van der Waals surface area contributed by atoms with Crippen LogP contribution in [0.5, 0.6) is 0 Å². The summed E-state index contributed by atoms with van der Waals surface area (Å²) in [5.41, 5.74) is 5.02. The zero-order valence-corrected chi connectivity index (χ0v) is 11.8. The standard InChI is InChI=1S/C17H25N/c1-17(2)10-4-7-16(12-17)18-15-9-8-13-5-3-6-14(13)11-15/h8-9,11,16,18H,3-7,10,12H2,1-2H3. The van der Waals surface area contributed by atoms with Gasteiger partial charge in [-0.05, 0) is 67.2 Å². The van der Waals surface area contributed by atoms with Crippen molar-refractivity contribution >= 4 is 5.69 Å². The number of fused-ring (bicyclic) bond motifs is 1. The van der Waals surface area contributed by atoms with Crippen molar-refractivity contribution in [2.75, 3.05) is 5.32 Å². The predicted molar refractivity (Wildman–Crippen MR) is 78.1 cm³/mol. The number of aryl methyl sites for hydroxylation is 2. The summed E-state index contributed by atoms with van der Waals surface area (Å²) in [5.74, 6) is 0. The van der Waals surface area contributed by atoms with Gasteiger partial charge in [-0.1, -0.05) is 26.3 Å². The van der Waals surface area contributed by atoms with Crippen LogP contribution < -0.4 is 5.32 Å². The smallest absolute Gasteiger partial charge is 0.0345 e. The lowest BCUT2D eigenvalue weighted by atomic mass is 9.75. The quantitative estimate of drug-likeness (QED) is 0.803. The van der Waals surface area contributed by atoms with Crippen molar-refractivity contribution in [3.05, 3.63) is 29.3 Å². The Bertz CT molecular complexity index is 433. The third kappa shape index (κ3) is 2.55. The molecule has 1 fully saturated rings. The maximum atomic E-state index is 3.77. The second-order valence-corrected chi connectivity index (χ2v) is 6.94. The third-order valence-corrected chi connectivity index (χ3v) is 4.67. The molecular formula is C17H25N. The van der Waals surface area contributed by atoms with Gasteiger partial charge in [-0.3, -0.25) is 0 Å². The molecule has 18 heavy (non-hydrogen) atoms. The first kappa shape index (κ1) is 12.1. The largest absolute Gasteiger partial charge is 0.382 e. The molecule has 1 aromatic rings. The lowest BCUT2D eigenvalue weighted by molar-refractivity contribution is 0.229. The summed E-state index contributed by atoms with van der Waals surface area (Å²) in [6.07, 6.45) is 9.30. The Kier molecular flexibility index (Phi) is 3.09. The Morgan fingerprint density at radius 2 is 1.94 bits per heavy atom. The minimum absolute atomic E-state index is 0.520. The van der Waals surface area contributed by atoms with Gasteiger partial charge < -0.3 is 5.32 Å². The lowest BCUT2D eigenvalue weighted by Gasteiger charge is -2.36. The molecule has 2 aliphatic carbocycles. The highest BCUT2D eigenvalue weighted by Gasteiger charge is 2.27. The molecule has 0 amide bonds. The van der Waals surface area contributed by atoms with Crippen LogP contribution in [0.15, 0.2) is 18.2 Å². The Morgan fingerprint density at radius 3 is 2.78 bits per heavy atom. The van der Waals surface area contributed by atoms with Crippen molar-refractivity contribution in [1.82, 2.24) is 0 Å². The summed E-state index contributed by atoms with van der Waals surface area (Å²) < 4.78 is 0. The lowest BCUT2D eigenvalue weighted by Crippen LogP contribution is -2.31. The van der Waals surface area contributed by atoms with Crippen LogP contribution in [0.25, 0.3) is 0 Å². The van der Waals surface area contributed by atoms with Gasteiger partial charge in [0.1, 0.15) is 0 Å². The first-order valence-corrected chi connectivity index (χ1v) is 7.51. The highest BCUT2D eigenvalue weighted by Crippen LogP contribution is 2.36. The molecule has 0 aliphatic heterocycles. The zero-order chi connectivity index (χ0) is 12.6. The molecule has 0 heterocycles. The second kappa shape index (κ2) is 4.60. The SMILES string of the molecule is CC1(C)CCCC(Nc2ccc3c(c2)CCC3)C1. The van der Waals surface area contributed by atoms with Gasteiger partial charge in [0.05, 0.1) is 0 Å². The fraction of sp³-hybridized carbons (Fsp3) is 0.647. The van der Waals surface area contributed by atoms with E-state index in [0.717, 1.165) is 0 Å². The molecular weight excluding hydrogens is 218 g/mol. The van der Waals surface area contributed by atoms with Crippen LogP contribution in [0.4, 0.5) is 5.69 Å². The van der Waals surface area contributed by atoms with Crippen molar-refractivity contribution in [2.24, 2.45) is 5.41 Å². The van der Waals surface area contributed by atoms with E-state index in [1.807, 2.05) is 0 Å². The molecule has 2 aliphatic rings. The summed E-state index contributed by atoms with van der Waals surface area (Å²) in [4.78, 5) is 0. The molecule has 0 radical (unpaired) electrons. The molecule has 0 saturated heterocycles. The number of nitrogens with one attached hydrogen (secondary N) is 1. The second-order valence-electron chi connectivity index (χ2n) is 6.94. The predicted octanol–water partition coefficient (Wildman–Crippen LogP) is 4.56. The van der Waals surface area contributed by atoms with E-state index in [-0.39, 0.29) is 0 Å². The molecule has 1 heteroatoms. The van der Waals surface area contributed by atoms with E-state index in [9.17, 15) is 0 Å². The molecule has 1 nitrogen and oxygen atoms in total. The average molecular weight is 243 g/mol. The van der Waals surface area contributed by atoms with Gasteiger partial charge >= 0.3 is 0 Å². The maximum absolute atomic E-state index is 3.77. The highest BCUT2D eigenvalue weighted by molar-refractivity contribution is 5.50. The molecule has 0 bridgehead atoms. The minimum Gasteiger partial charge on any atom is -0.382 e. The maximum Gasteiger partial charge on any atom is 0.0345 e. The number of benzene rings is 1. The van der Waals surface area contributed by atoms with E-state index in [0.29, 0.717) is 11.5 Å². The van der Waals surface area contributed by atoms with Crippen molar-refractivity contribution in [3.8, 4) is 0 Å². The Morgan fingerprint density at radius 1 is 1.11 bits per heavy atom. The number of hydrogen-bond donors (Lipinski definition) is 1. The topological polar surface area (TPSA) is 12.0 Å². The van der Waals surface area contributed by atoms with E-state index in [2.05, 4.69) is 37.4 Å². The fourth-order valence-corrected chi connectivity index (χ4v) is 3.72. The first-order valence-electron chi connectivity index (χ1n) is 7.51. The van der Waals surface area contributed by atoms with Gasteiger partial charge in [-0.2, -0.15) is 0 Å². The van der Waals surface area contributed by atoms with Gasteiger partial charge in [0.15, 0.2) is 0 Å². The monoisotopic (exact) mass is 243 g/mol. The molecule has 3 rings (SSSR count). The Hall–Kier alpha value is -0.980. The van der Waals surface area contributed by atoms with E-state index in [1.165, 1.54) is 50.6 Å². The molecule has 1 N–H and O–H groups in total. The minimum atomic E-state index is 0.520. The summed E-state index contributed by atoms with van der Waals surface area (Å²) in [5, 5.41) is 3.77. The summed E-state index contributed by atoms with van der Waals surface area (Å²) in [6.45, 7) is 4.81. The molecule has 0 spiro atoms. The van der Waals surface area contributed by atoms with Crippen molar-refractivity contribution in [2.45, 2.75) is 64.8 Å². The number of rotatable bonds is 2. The molecule has 1 atom stereocenters. The van der Waals surface area contributed by atoms with Gasteiger partial charge in [0.25, 0.3) is 0 Å². The van der Waals surface area contributed by atoms with Crippen LogP contribution in [-0.4, -0.2) is 6.04 Å². The van der Waals surface area contributed by atoms with Gasteiger partial charge in [-0.25, -0.2) is 0 Å². The van der Waals surface area contributed by atoms with Gasteiger partial charge in [-0.15, -0.1) is 0 Å². The van der Waals surface area contributed by atoms with Crippen molar-refractivity contribution in [1.29, 1.82) is 0 Å². The Balaban J connectivity index is 1.69. The fourth-order valence-electron chi connectivity index (χ4n) is 3.72. The summed E-state index contributed by atoms with van der Waals surface area (Å²) in [6, 6.07) is 7.68. The van der Waals surface area contributed by atoms with Crippen LogP contribution in [0.2, 0.25) is 0 Å². The summed E-state index contributed by atoms with van der Waals surface area (Å²) >= 11 is 0. The third-order valence-electron chi connectivity index (χ3n) is 4.67.